The molecule has 0 atom stereocenters. The van der Waals surface area contributed by atoms with Gasteiger partial charge in [0.05, 0.1) is 5.02 Å². The summed E-state index contributed by atoms with van der Waals surface area (Å²) in [6, 6.07) is 5.73. The largest absolute Gasteiger partial charge is 0.329 e. The highest BCUT2D eigenvalue weighted by molar-refractivity contribution is 6.30. The van der Waals surface area contributed by atoms with Crippen molar-refractivity contribution in [3.8, 4) is 0 Å². The van der Waals surface area contributed by atoms with Crippen LogP contribution in [-0.2, 0) is 6.54 Å². The maximum absolute atomic E-state index is 13.7. The quantitative estimate of drug-likeness (QED) is 0.898. The smallest absolute Gasteiger partial charge is 0.146 e. The first-order chi connectivity index (χ1) is 7.72. The summed E-state index contributed by atoms with van der Waals surface area (Å²) in [6.07, 6.45) is 2.39. The zero-order chi connectivity index (χ0) is 11.5. The molecular weight excluding hydrogens is 262 g/mol. The molecule has 0 aromatic heterocycles. The molecule has 2 rings (SSSR count). The summed E-state index contributed by atoms with van der Waals surface area (Å²) in [5.74, 6) is -0.299. The van der Waals surface area contributed by atoms with Crippen LogP contribution in [-0.4, -0.2) is 24.0 Å². The molecule has 1 aromatic rings. The third kappa shape index (κ3) is 3.81. The highest BCUT2D eigenvalue weighted by Crippen LogP contribution is 2.29. The number of hydrogen-bond acceptors (Lipinski definition) is 2. The summed E-state index contributed by atoms with van der Waals surface area (Å²) in [6.45, 7) is 2.03. The summed E-state index contributed by atoms with van der Waals surface area (Å²) >= 11 is 5.75. The Labute approximate surface area is 112 Å². The molecule has 1 aliphatic rings. The Hall–Kier alpha value is -0.350. The van der Waals surface area contributed by atoms with Gasteiger partial charge in [0.15, 0.2) is 0 Å². The molecule has 96 valence electrons. The molecule has 1 aliphatic carbocycles. The molecule has 17 heavy (non-hydrogen) atoms. The predicted molar refractivity (Wildman–Crippen MR) is 71.1 cm³/mol. The van der Waals surface area contributed by atoms with E-state index in [1.165, 1.54) is 12.8 Å². The number of rotatable bonds is 5. The Bertz CT molecular complexity index is 370. The van der Waals surface area contributed by atoms with Gasteiger partial charge in [-0.05, 0) is 18.9 Å². The van der Waals surface area contributed by atoms with E-state index in [2.05, 4.69) is 4.90 Å². The summed E-state index contributed by atoms with van der Waals surface area (Å²) in [5, 5.41) is 0.195. The monoisotopic (exact) mass is 278 g/mol. The molecule has 2 nitrogen and oxygen atoms in total. The predicted octanol–water partition coefficient (Wildman–Crippen LogP) is 2.82. The van der Waals surface area contributed by atoms with Crippen molar-refractivity contribution in [2.75, 3.05) is 13.1 Å². The van der Waals surface area contributed by atoms with E-state index in [0.717, 1.165) is 6.54 Å². The van der Waals surface area contributed by atoms with E-state index in [1.54, 1.807) is 18.2 Å². The van der Waals surface area contributed by atoms with Crippen molar-refractivity contribution in [1.82, 2.24) is 4.90 Å². The van der Waals surface area contributed by atoms with Crippen molar-refractivity contribution in [3.63, 3.8) is 0 Å². The Kier molecular flexibility index (Phi) is 5.67. The lowest BCUT2D eigenvalue weighted by Gasteiger charge is -2.21. The average molecular weight is 279 g/mol. The molecule has 0 amide bonds. The molecule has 1 aromatic carbocycles. The van der Waals surface area contributed by atoms with Gasteiger partial charge < -0.3 is 5.73 Å². The minimum atomic E-state index is -0.299. The van der Waals surface area contributed by atoms with Crippen LogP contribution < -0.4 is 5.73 Å². The van der Waals surface area contributed by atoms with Gasteiger partial charge in [-0.15, -0.1) is 12.4 Å². The van der Waals surface area contributed by atoms with Crippen LogP contribution in [0.1, 0.15) is 18.4 Å². The van der Waals surface area contributed by atoms with Crippen LogP contribution in [0, 0.1) is 5.82 Å². The SMILES string of the molecule is Cl.NCCN(Cc1cccc(Cl)c1F)C1CC1. The third-order valence-corrected chi connectivity index (χ3v) is 3.18. The number of nitrogens with two attached hydrogens (primary N) is 1. The molecule has 0 aliphatic heterocycles. The van der Waals surface area contributed by atoms with Gasteiger partial charge in [-0.3, -0.25) is 4.90 Å². The van der Waals surface area contributed by atoms with Crippen LogP contribution in [0.3, 0.4) is 0 Å². The van der Waals surface area contributed by atoms with Crippen LogP contribution in [0.25, 0.3) is 0 Å². The topological polar surface area (TPSA) is 29.3 Å². The molecule has 2 N–H and O–H groups in total. The van der Waals surface area contributed by atoms with Crippen molar-refractivity contribution >= 4 is 24.0 Å². The average Bonchev–Trinajstić information content (AvgIpc) is 3.07. The zero-order valence-electron chi connectivity index (χ0n) is 9.53. The van der Waals surface area contributed by atoms with E-state index in [9.17, 15) is 4.39 Å². The molecule has 0 unspecified atom stereocenters. The highest BCUT2D eigenvalue weighted by Gasteiger charge is 2.28. The Balaban J connectivity index is 0.00000144. The lowest BCUT2D eigenvalue weighted by Crippen LogP contribution is -2.31. The first-order valence-electron chi connectivity index (χ1n) is 5.59. The maximum Gasteiger partial charge on any atom is 0.146 e. The maximum atomic E-state index is 13.7. The van der Waals surface area contributed by atoms with E-state index in [-0.39, 0.29) is 23.2 Å². The standard InChI is InChI=1S/C12H16ClFN2.ClH/c13-11-3-1-2-9(12(11)14)8-16(7-6-15)10-4-5-10;/h1-3,10H,4-8,15H2;1H. The lowest BCUT2D eigenvalue weighted by atomic mass is 10.2. The summed E-state index contributed by atoms with van der Waals surface area (Å²) in [4.78, 5) is 2.23. The second kappa shape index (κ2) is 6.55. The van der Waals surface area contributed by atoms with Crippen LogP contribution >= 0.6 is 24.0 Å². The van der Waals surface area contributed by atoms with Gasteiger partial charge in [-0.1, -0.05) is 23.7 Å². The van der Waals surface area contributed by atoms with Gasteiger partial charge in [0, 0.05) is 31.2 Å². The first-order valence-corrected chi connectivity index (χ1v) is 5.97. The highest BCUT2D eigenvalue weighted by atomic mass is 35.5. The summed E-state index contributed by atoms with van der Waals surface area (Å²) < 4.78 is 13.7. The van der Waals surface area contributed by atoms with Crippen LogP contribution in [0.15, 0.2) is 18.2 Å². The number of halogens is 3. The van der Waals surface area contributed by atoms with E-state index in [0.29, 0.717) is 24.7 Å². The van der Waals surface area contributed by atoms with E-state index in [1.807, 2.05) is 0 Å². The second-order valence-corrected chi connectivity index (χ2v) is 4.61. The van der Waals surface area contributed by atoms with Crippen LogP contribution in [0.2, 0.25) is 5.02 Å². The van der Waals surface area contributed by atoms with Gasteiger partial charge in [0.25, 0.3) is 0 Å². The number of hydrogen-bond donors (Lipinski definition) is 1. The number of nitrogens with zero attached hydrogens (tertiary/aromatic N) is 1. The van der Waals surface area contributed by atoms with Crippen molar-refractivity contribution in [2.24, 2.45) is 5.73 Å². The van der Waals surface area contributed by atoms with Gasteiger partial charge in [0.1, 0.15) is 5.82 Å². The van der Waals surface area contributed by atoms with Crippen LogP contribution in [0.5, 0.6) is 0 Å². The number of benzene rings is 1. The normalized spacial score (nSPS) is 14.8. The van der Waals surface area contributed by atoms with Gasteiger partial charge >= 0.3 is 0 Å². The van der Waals surface area contributed by atoms with Crippen molar-refractivity contribution in [2.45, 2.75) is 25.4 Å². The van der Waals surface area contributed by atoms with E-state index < -0.39 is 0 Å². The molecule has 0 bridgehead atoms. The lowest BCUT2D eigenvalue weighted by molar-refractivity contribution is 0.258. The molecule has 5 heteroatoms. The summed E-state index contributed by atoms with van der Waals surface area (Å²) in [7, 11) is 0. The fourth-order valence-electron chi connectivity index (χ4n) is 1.89. The second-order valence-electron chi connectivity index (χ2n) is 4.20. The molecule has 0 spiro atoms. The van der Waals surface area contributed by atoms with Gasteiger partial charge in [-0.25, -0.2) is 4.39 Å². The fourth-order valence-corrected chi connectivity index (χ4v) is 2.08. The molecule has 0 saturated heterocycles. The van der Waals surface area contributed by atoms with Crippen LogP contribution in [0.4, 0.5) is 4.39 Å². The Morgan fingerprint density at radius 3 is 2.71 bits per heavy atom. The van der Waals surface area contributed by atoms with E-state index in [4.69, 9.17) is 17.3 Å². The fraction of sp³-hybridized carbons (Fsp3) is 0.500. The minimum absolute atomic E-state index is 0. The van der Waals surface area contributed by atoms with Gasteiger partial charge in [0.2, 0.25) is 0 Å². The first kappa shape index (κ1) is 14.7. The van der Waals surface area contributed by atoms with E-state index >= 15 is 0 Å². The van der Waals surface area contributed by atoms with Gasteiger partial charge in [-0.2, -0.15) is 0 Å². The minimum Gasteiger partial charge on any atom is -0.329 e. The summed E-state index contributed by atoms with van der Waals surface area (Å²) in [5.41, 5.74) is 6.22. The molecular formula is C12H17Cl2FN2. The molecule has 1 saturated carbocycles. The van der Waals surface area contributed by atoms with Crippen molar-refractivity contribution in [3.05, 3.63) is 34.6 Å². The molecule has 0 radical (unpaired) electrons. The third-order valence-electron chi connectivity index (χ3n) is 2.88. The molecule has 1 fully saturated rings. The van der Waals surface area contributed by atoms with Crippen molar-refractivity contribution in [1.29, 1.82) is 0 Å². The Morgan fingerprint density at radius 2 is 2.12 bits per heavy atom. The van der Waals surface area contributed by atoms with Crippen molar-refractivity contribution < 1.29 is 4.39 Å². The zero-order valence-corrected chi connectivity index (χ0v) is 11.1. The Morgan fingerprint density at radius 1 is 1.41 bits per heavy atom. The molecule has 0 heterocycles.